The molecule has 2 aromatic carbocycles. The number of aromatic nitrogens is 2. The lowest BCUT2D eigenvalue weighted by Gasteiger charge is -2.21. The van der Waals surface area contributed by atoms with Crippen LogP contribution in [0.1, 0.15) is 0 Å². The van der Waals surface area contributed by atoms with Crippen LogP contribution in [0.3, 0.4) is 0 Å². The Bertz CT molecular complexity index is 1300. The molecule has 0 amide bonds. The predicted octanol–water partition coefficient (Wildman–Crippen LogP) is 4.60. The van der Waals surface area contributed by atoms with Gasteiger partial charge in [-0.2, -0.15) is 9.97 Å². The highest BCUT2D eigenvalue weighted by Crippen LogP contribution is 2.28. The first-order valence-corrected chi connectivity index (χ1v) is 11.0. The van der Waals surface area contributed by atoms with Crippen molar-refractivity contribution in [1.82, 2.24) is 9.97 Å². The zero-order valence-corrected chi connectivity index (χ0v) is 19.9. The molecule has 0 bridgehead atoms. The van der Waals surface area contributed by atoms with Gasteiger partial charge in [-0.15, -0.1) is 0 Å². The highest BCUT2D eigenvalue weighted by Gasteiger charge is 2.19. The standard InChI is InChI=1S/C24H20Cl2N4O4/c1-29(23-27-21(31)17(19(25)33-23)15-9-5-3-6-10-15)13-14-30(2)24-28-22(32)18(20(26)34-24)16-11-7-4-8-12-16/h3-12H,13-14H2,1-2H3. The van der Waals surface area contributed by atoms with Gasteiger partial charge in [0.25, 0.3) is 11.1 Å². The van der Waals surface area contributed by atoms with Gasteiger partial charge < -0.3 is 18.6 Å². The van der Waals surface area contributed by atoms with Gasteiger partial charge in [-0.3, -0.25) is 9.59 Å². The molecule has 0 aliphatic rings. The maximum Gasteiger partial charge on any atom is 0.301 e. The molecule has 0 fully saturated rings. The number of hydrogen-bond donors (Lipinski definition) is 0. The van der Waals surface area contributed by atoms with Crippen LogP contribution in [-0.4, -0.2) is 37.2 Å². The molecule has 0 atom stereocenters. The first-order chi connectivity index (χ1) is 16.3. The molecule has 0 saturated carbocycles. The minimum absolute atomic E-state index is 0.0441. The Labute approximate surface area is 205 Å². The lowest BCUT2D eigenvalue weighted by atomic mass is 10.1. The van der Waals surface area contributed by atoms with Crippen LogP contribution in [0.15, 0.2) is 79.1 Å². The molecule has 2 aromatic heterocycles. The maximum atomic E-state index is 12.6. The van der Waals surface area contributed by atoms with E-state index in [1.165, 1.54) is 0 Å². The van der Waals surface area contributed by atoms with E-state index < -0.39 is 11.1 Å². The molecule has 174 valence electrons. The van der Waals surface area contributed by atoms with E-state index in [1.54, 1.807) is 72.4 Å². The second-order valence-corrected chi connectivity index (χ2v) is 8.16. The SMILES string of the molecule is CN(CCN(C)c1nc(=O)c(-c2ccccc2)c(Cl)o1)c1nc(=O)c(-c2ccccc2)c(Cl)o1. The molecule has 0 unspecified atom stereocenters. The maximum absolute atomic E-state index is 12.6. The van der Waals surface area contributed by atoms with Crippen molar-refractivity contribution in [2.24, 2.45) is 0 Å². The zero-order chi connectivity index (χ0) is 24.2. The fourth-order valence-electron chi connectivity index (χ4n) is 3.26. The van der Waals surface area contributed by atoms with Crippen molar-refractivity contribution in [3.05, 3.63) is 91.8 Å². The Kier molecular flexibility index (Phi) is 7.00. The summed E-state index contributed by atoms with van der Waals surface area (Å²) in [5.74, 6) is 0. The number of likely N-dealkylation sites (N-methyl/N-ethyl adjacent to an activating group) is 2. The average Bonchev–Trinajstić information content (AvgIpc) is 2.82. The number of rotatable bonds is 7. The Morgan fingerprint density at radius 3 is 1.35 bits per heavy atom. The van der Waals surface area contributed by atoms with Crippen LogP contribution in [-0.2, 0) is 0 Å². The lowest BCUT2D eigenvalue weighted by Crippen LogP contribution is -2.33. The van der Waals surface area contributed by atoms with E-state index in [1.807, 2.05) is 12.1 Å². The largest absolute Gasteiger partial charge is 0.412 e. The third-order valence-electron chi connectivity index (χ3n) is 5.13. The molecular weight excluding hydrogens is 479 g/mol. The first kappa shape index (κ1) is 23.5. The Morgan fingerprint density at radius 1 is 0.676 bits per heavy atom. The zero-order valence-electron chi connectivity index (χ0n) is 18.4. The fourth-order valence-corrected chi connectivity index (χ4v) is 3.78. The van der Waals surface area contributed by atoms with E-state index in [2.05, 4.69) is 9.97 Å². The fraction of sp³-hybridized carbons (Fsp3) is 0.167. The summed E-state index contributed by atoms with van der Waals surface area (Å²) in [5.41, 5.74) is 0.674. The van der Waals surface area contributed by atoms with Crippen molar-refractivity contribution in [2.45, 2.75) is 0 Å². The molecule has 34 heavy (non-hydrogen) atoms. The Balaban J connectivity index is 1.49. The quantitative estimate of drug-likeness (QED) is 0.365. The summed E-state index contributed by atoms with van der Waals surface area (Å²) in [5, 5.41) is -0.0882. The van der Waals surface area contributed by atoms with Gasteiger partial charge in [0.2, 0.25) is 10.4 Å². The molecule has 0 aliphatic heterocycles. The van der Waals surface area contributed by atoms with Crippen LogP contribution in [0.2, 0.25) is 10.4 Å². The highest BCUT2D eigenvalue weighted by atomic mass is 35.5. The molecule has 2 heterocycles. The normalized spacial score (nSPS) is 10.8. The number of anilines is 2. The second-order valence-electron chi connectivity index (χ2n) is 7.48. The van der Waals surface area contributed by atoms with Crippen LogP contribution in [0, 0.1) is 0 Å². The van der Waals surface area contributed by atoms with Crippen LogP contribution in [0.4, 0.5) is 12.0 Å². The van der Waals surface area contributed by atoms with E-state index in [4.69, 9.17) is 32.0 Å². The van der Waals surface area contributed by atoms with Gasteiger partial charge in [-0.1, -0.05) is 60.7 Å². The van der Waals surface area contributed by atoms with Crippen molar-refractivity contribution < 1.29 is 8.83 Å². The van der Waals surface area contributed by atoms with E-state index in [0.717, 1.165) is 0 Å². The number of halogens is 2. The topological polar surface area (TPSA) is 92.7 Å². The van der Waals surface area contributed by atoms with Crippen molar-refractivity contribution in [2.75, 3.05) is 37.0 Å². The molecule has 10 heteroatoms. The Morgan fingerprint density at radius 2 is 1.03 bits per heavy atom. The summed E-state index contributed by atoms with van der Waals surface area (Å²) in [6, 6.07) is 18.0. The number of nitrogens with zero attached hydrogens (tertiary/aromatic N) is 4. The summed E-state index contributed by atoms with van der Waals surface area (Å²) < 4.78 is 11.2. The lowest BCUT2D eigenvalue weighted by molar-refractivity contribution is 0.505. The van der Waals surface area contributed by atoms with Gasteiger partial charge >= 0.3 is 12.0 Å². The Hall–Kier alpha value is -3.62. The van der Waals surface area contributed by atoms with Crippen molar-refractivity contribution >= 4 is 35.2 Å². The molecule has 0 N–H and O–H groups in total. The molecule has 0 saturated heterocycles. The minimum atomic E-state index is -0.492. The molecule has 4 rings (SSSR count). The summed E-state index contributed by atoms with van der Waals surface area (Å²) in [4.78, 5) is 36.5. The first-order valence-electron chi connectivity index (χ1n) is 10.3. The van der Waals surface area contributed by atoms with Crippen LogP contribution in [0.5, 0.6) is 0 Å². The summed E-state index contributed by atoms with van der Waals surface area (Å²) in [6.07, 6.45) is 0. The summed E-state index contributed by atoms with van der Waals surface area (Å²) >= 11 is 12.5. The molecule has 0 spiro atoms. The smallest absolute Gasteiger partial charge is 0.301 e. The number of hydrogen-bond acceptors (Lipinski definition) is 8. The monoisotopic (exact) mass is 498 g/mol. The second kappa shape index (κ2) is 10.1. The van der Waals surface area contributed by atoms with E-state index in [9.17, 15) is 9.59 Å². The van der Waals surface area contributed by atoms with Crippen molar-refractivity contribution in [1.29, 1.82) is 0 Å². The average molecular weight is 499 g/mol. The number of benzene rings is 2. The molecular formula is C24H20Cl2N4O4. The molecule has 0 radical (unpaired) electrons. The predicted molar refractivity (Wildman–Crippen MR) is 133 cm³/mol. The van der Waals surface area contributed by atoms with Gasteiger partial charge in [0, 0.05) is 27.2 Å². The van der Waals surface area contributed by atoms with Gasteiger partial charge in [-0.25, -0.2) is 0 Å². The summed E-state index contributed by atoms with van der Waals surface area (Å²) in [6.45, 7) is 0.716. The molecule has 0 aliphatic carbocycles. The van der Waals surface area contributed by atoms with E-state index >= 15 is 0 Å². The highest BCUT2D eigenvalue weighted by molar-refractivity contribution is 6.31. The van der Waals surface area contributed by atoms with Gasteiger partial charge in [-0.05, 0) is 34.3 Å². The van der Waals surface area contributed by atoms with E-state index in [0.29, 0.717) is 24.2 Å². The molecule has 4 aromatic rings. The van der Waals surface area contributed by atoms with Crippen molar-refractivity contribution in [3.8, 4) is 22.3 Å². The van der Waals surface area contributed by atoms with Crippen LogP contribution >= 0.6 is 23.2 Å². The third kappa shape index (κ3) is 4.98. The van der Waals surface area contributed by atoms with E-state index in [-0.39, 0.29) is 33.6 Å². The van der Waals surface area contributed by atoms with Crippen molar-refractivity contribution in [3.63, 3.8) is 0 Å². The third-order valence-corrected chi connectivity index (χ3v) is 5.66. The van der Waals surface area contributed by atoms with Crippen LogP contribution in [0.25, 0.3) is 22.3 Å². The van der Waals surface area contributed by atoms with Crippen LogP contribution < -0.4 is 20.9 Å². The van der Waals surface area contributed by atoms with Gasteiger partial charge in [0.15, 0.2) is 0 Å². The molecule has 8 nitrogen and oxygen atoms in total. The minimum Gasteiger partial charge on any atom is -0.412 e. The van der Waals surface area contributed by atoms with Gasteiger partial charge in [0.1, 0.15) is 11.1 Å². The van der Waals surface area contributed by atoms with Gasteiger partial charge in [0.05, 0.1) is 0 Å². The summed E-state index contributed by atoms with van der Waals surface area (Å²) in [7, 11) is 3.40.